The zero-order chi connectivity index (χ0) is 14.1. The molecule has 1 amide bonds. The number of amides is 1. The fraction of sp³-hybridized carbons (Fsp3) is 0.714. The number of hydrogen-bond acceptors (Lipinski definition) is 4. The first kappa shape index (κ1) is 16.3. The maximum atomic E-state index is 12.5. The standard InChI is InChI=1S/C14H23N5O.ClH/c1-11-9-13(17(2)16-11)14(20)19-6-3-12(10-19)18-7-4-15-5-8-18;/h9,12,15H,3-8,10H2,1-2H3;1H. The number of piperazine rings is 1. The molecule has 2 aliphatic rings. The predicted molar refractivity (Wildman–Crippen MR) is 83.9 cm³/mol. The number of rotatable bonds is 2. The maximum Gasteiger partial charge on any atom is 0.272 e. The van der Waals surface area contributed by atoms with Gasteiger partial charge >= 0.3 is 0 Å². The van der Waals surface area contributed by atoms with Crippen molar-refractivity contribution in [3.8, 4) is 0 Å². The van der Waals surface area contributed by atoms with Crippen LogP contribution < -0.4 is 5.32 Å². The summed E-state index contributed by atoms with van der Waals surface area (Å²) in [6, 6.07) is 2.40. The molecule has 0 saturated carbocycles. The zero-order valence-electron chi connectivity index (χ0n) is 12.7. The Balaban J connectivity index is 0.00000161. The summed E-state index contributed by atoms with van der Waals surface area (Å²) in [5.74, 6) is 0.116. The molecule has 0 aliphatic carbocycles. The third kappa shape index (κ3) is 3.39. The molecule has 1 N–H and O–H groups in total. The van der Waals surface area contributed by atoms with E-state index in [9.17, 15) is 4.79 Å². The van der Waals surface area contributed by atoms with Crippen molar-refractivity contribution in [2.45, 2.75) is 19.4 Å². The molecule has 2 fully saturated rings. The summed E-state index contributed by atoms with van der Waals surface area (Å²) in [5, 5.41) is 7.64. The highest BCUT2D eigenvalue weighted by Gasteiger charge is 2.32. The number of nitrogens with one attached hydrogen (secondary N) is 1. The number of hydrogen-bond donors (Lipinski definition) is 1. The Morgan fingerprint density at radius 2 is 2.05 bits per heavy atom. The predicted octanol–water partition coefficient (Wildman–Crippen LogP) is 0.270. The number of carbonyl (C=O) groups is 1. The molecule has 0 spiro atoms. The van der Waals surface area contributed by atoms with Crippen LogP contribution in [0, 0.1) is 6.92 Å². The molecule has 1 aromatic rings. The van der Waals surface area contributed by atoms with Crippen LogP contribution in [0.5, 0.6) is 0 Å². The lowest BCUT2D eigenvalue weighted by molar-refractivity contribution is 0.0762. The lowest BCUT2D eigenvalue weighted by Gasteiger charge is -2.32. The average Bonchev–Trinajstić information content (AvgIpc) is 3.06. The van der Waals surface area contributed by atoms with E-state index in [-0.39, 0.29) is 18.3 Å². The summed E-state index contributed by atoms with van der Waals surface area (Å²) >= 11 is 0. The second-order valence-corrected chi connectivity index (χ2v) is 5.77. The molecule has 6 nitrogen and oxygen atoms in total. The lowest BCUT2D eigenvalue weighted by atomic mass is 10.2. The van der Waals surface area contributed by atoms with Gasteiger partial charge in [-0.1, -0.05) is 0 Å². The van der Waals surface area contributed by atoms with E-state index >= 15 is 0 Å². The number of aryl methyl sites for hydroxylation is 2. The van der Waals surface area contributed by atoms with Gasteiger partial charge in [-0.05, 0) is 19.4 Å². The molecule has 3 rings (SSSR count). The maximum absolute atomic E-state index is 12.5. The van der Waals surface area contributed by atoms with Crippen molar-refractivity contribution < 1.29 is 4.79 Å². The van der Waals surface area contributed by atoms with Crippen molar-refractivity contribution >= 4 is 18.3 Å². The summed E-state index contributed by atoms with van der Waals surface area (Å²) in [7, 11) is 1.84. The number of halogens is 1. The molecule has 21 heavy (non-hydrogen) atoms. The molecule has 1 aromatic heterocycles. The Bertz CT molecular complexity index is 498. The third-order valence-electron chi connectivity index (χ3n) is 4.34. The minimum Gasteiger partial charge on any atom is -0.336 e. The van der Waals surface area contributed by atoms with Gasteiger partial charge in [0.25, 0.3) is 5.91 Å². The van der Waals surface area contributed by atoms with E-state index in [1.54, 1.807) is 4.68 Å². The minimum absolute atomic E-state index is 0. The Hall–Kier alpha value is -1.11. The van der Waals surface area contributed by atoms with Crippen LogP contribution in [0.25, 0.3) is 0 Å². The van der Waals surface area contributed by atoms with Gasteiger partial charge in [-0.3, -0.25) is 14.4 Å². The summed E-state index contributed by atoms with van der Waals surface area (Å²) in [6.45, 7) is 7.94. The molecule has 7 heteroatoms. The van der Waals surface area contributed by atoms with Crippen molar-refractivity contribution in [1.82, 2.24) is 24.9 Å². The first-order chi connectivity index (χ1) is 9.65. The first-order valence-electron chi connectivity index (χ1n) is 7.40. The van der Waals surface area contributed by atoms with Crippen molar-refractivity contribution in [2.24, 2.45) is 7.05 Å². The molecule has 2 saturated heterocycles. The van der Waals surface area contributed by atoms with Crippen LogP contribution in [-0.2, 0) is 7.05 Å². The Morgan fingerprint density at radius 1 is 1.33 bits per heavy atom. The van der Waals surface area contributed by atoms with Crippen molar-refractivity contribution in [3.05, 3.63) is 17.5 Å². The quantitative estimate of drug-likeness (QED) is 0.851. The number of nitrogens with zero attached hydrogens (tertiary/aromatic N) is 4. The molecule has 1 atom stereocenters. The van der Waals surface area contributed by atoms with Gasteiger partial charge in [0.1, 0.15) is 5.69 Å². The molecular formula is C14H24ClN5O. The average molecular weight is 314 g/mol. The van der Waals surface area contributed by atoms with E-state index in [2.05, 4.69) is 15.3 Å². The molecule has 3 heterocycles. The molecule has 118 valence electrons. The largest absolute Gasteiger partial charge is 0.336 e. The lowest BCUT2D eigenvalue weighted by Crippen LogP contribution is -2.49. The second kappa shape index (κ2) is 6.77. The fourth-order valence-corrected chi connectivity index (χ4v) is 3.24. The van der Waals surface area contributed by atoms with Crippen molar-refractivity contribution in [2.75, 3.05) is 39.3 Å². The van der Waals surface area contributed by atoms with Crippen LogP contribution in [0.1, 0.15) is 22.6 Å². The molecule has 0 radical (unpaired) electrons. The van der Waals surface area contributed by atoms with Gasteiger partial charge in [0, 0.05) is 52.4 Å². The van der Waals surface area contributed by atoms with Crippen LogP contribution in [0.3, 0.4) is 0 Å². The highest BCUT2D eigenvalue weighted by atomic mass is 35.5. The highest BCUT2D eigenvalue weighted by molar-refractivity contribution is 5.92. The van der Waals surface area contributed by atoms with E-state index in [0.717, 1.165) is 51.4 Å². The smallest absolute Gasteiger partial charge is 0.272 e. The van der Waals surface area contributed by atoms with Crippen molar-refractivity contribution in [3.63, 3.8) is 0 Å². The van der Waals surface area contributed by atoms with Crippen LogP contribution in [-0.4, -0.2) is 70.8 Å². The van der Waals surface area contributed by atoms with E-state index in [1.165, 1.54) is 0 Å². The molecule has 1 unspecified atom stereocenters. The topological polar surface area (TPSA) is 53.4 Å². The Labute approximate surface area is 131 Å². The van der Waals surface area contributed by atoms with Gasteiger partial charge in [0.15, 0.2) is 0 Å². The molecule has 0 bridgehead atoms. The monoisotopic (exact) mass is 313 g/mol. The number of likely N-dealkylation sites (tertiary alicyclic amines) is 1. The number of aromatic nitrogens is 2. The summed E-state index contributed by atoms with van der Waals surface area (Å²) < 4.78 is 1.69. The summed E-state index contributed by atoms with van der Waals surface area (Å²) in [5.41, 5.74) is 1.59. The first-order valence-corrected chi connectivity index (χ1v) is 7.40. The minimum atomic E-state index is 0. The van der Waals surface area contributed by atoms with E-state index in [4.69, 9.17) is 0 Å². The van der Waals surface area contributed by atoms with E-state index < -0.39 is 0 Å². The Morgan fingerprint density at radius 3 is 2.67 bits per heavy atom. The SMILES string of the molecule is Cc1cc(C(=O)N2CCC(N3CCNCC3)C2)n(C)n1.Cl. The van der Waals surface area contributed by atoms with Gasteiger partial charge in [0.05, 0.1) is 5.69 Å². The van der Waals surface area contributed by atoms with Gasteiger partial charge in [-0.2, -0.15) is 5.10 Å². The van der Waals surface area contributed by atoms with Crippen LogP contribution >= 0.6 is 12.4 Å². The van der Waals surface area contributed by atoms with E-state index in [1.807, 2.05) is 24.9 Å². The van der Waals surface area contributed by atoms with Gasteiger partial charge in [-0.25, -0.2) is 0 Å². The number of carbonyl (C=O) groups excluding carboxylic acids is 1. The normalized spacial score (nSPS) is 23.1. The van der Waals surface area contributed by atoms with Gasteiger partial charge < -0.3 is 10.2 Å². The third-order valence-corrected chi connectivity index (χ3v) is 4.34. The van der Waals surface area contributed by atoms with Crippen molar-refractivity contribution in [1.29, 1.82) is 0 Å². The summed E-state index contributed by atoms with van der Waals surface area (Å²) in [6.07, 6.45) is 1.09. The van der Waals surface area contributed by atoms with Crippen LogP contribution in [0.2, 0.25) is 0 Å². The van der Waals surface area contributed by atoms with Crippen LogP contribution in [0.4, 0.5) is 0 Å². The van der Waals surface area contributed by atoms with Gasteiger partial charge in [-0.15, -0.1) is 12.4 Å². The Kier molecular flexibility index (Phi) is 5.24. The van der Waals surface area contributed by atoms with E-state index in [0.29, 0.717) is 11.7 Å². The van der Waals surface area contributed by atoms with Crippen LogP contribution in [0.15, 0.2) is 6.07 Å². The molecule has 2 aliphatic heterocycles. The fourth-order valence-electron chi connectivity index (χ4n) is 3.24. The second-order valence-electron chi connectivity index (χ2n) is 5.77. The molecular weight excluding hydrogens is 290 g/mol. The molecule has 0 aromatic carbocycles. The summed E-state index contributed by atoms with van der Waals surface area (Å²) in [4.78, 5) is 17.0. The highest BCUT2D eigenvalue weighted by Crippen LogP contribution is 2.18. The zero-order valence-corrected chi connectivity index (χ0v) is 13.5. The van der Waals surface area contributed by atoms with Gasteiger partial charge in [0.2, 0.25) is 0 Å².